The van der Waals surface area contributed by atoms with Crippen LogP contribution in [0.2, 0.25) is 0 Å². The summed E-state index contributed by atoms with van der Waals surface area (Å²) in [5.41, 5.74) is 0. The highest BCUT2D eigenvalue weighted by Gasteiger charge is 2.00. The Labute approximate surface area is 86.6 Å². The van der Waals surface area contributed by atoms with Gasteiger partial charge in [0.05, 0.1) is 0 Å². The normalized spacial score (nSPS) is 10.9. The van der Waals surface area contributed by atoms with Crippen LogP contribution in [-0.2, 0) is 4.79 Å². The zero-order chi connectivity index (χ0) is 11.4. The predicted octanol–water partition coefficient (Wildman–Crippen LogP) is 2.84. The fourth-order valence-corrected chi connectivity index (χ4v) is 0.768. The van der Waals surface area contributed by atoms with Crippen LogP contribution in [0.3, 0.4) is 0 Å². The molecule has 0 rings (SSSR count). The highest BCUT2D eigenvalue weighted by atomic mass is 19.1. The third-order valence-corrected chi connectivity index (χ3v) is 1.56. The van der Waals surface area contributed by atoms with Crippen LogP contribution >= 0.6 is 0 Å². The summed E-state index contributed by atoms with van der Waals surface area (Å²) < 4.78 is 12.5. The highest BCUT2D eigenvalue weighted by Crippen LogP contribution is 2.01. The lowest BCUT2D eigenvalue weighted by Crippen LogP contribution is -2.23. The summed E-state index contributed by atoms with van der Waals surface area (Å²) in [4.78, 5) is 10.7. The van der Waals surface area contributed by atoms with Crippen LogP contribution in [-0.4, -0.2) is 18.6 Å². The maximum Gasteiger partial charge on any atom is 0.219 e. The van der Waals surface area contributed by atoms with Crippen LogP contribution < -0.4 is 5.32 Å². The molecular weight excluding hydrogens is 181 g/mol. The van der Waals surface area contributed by atoms with Crippen molar-refractivity contribution in [2.45, 2.75) is 46.2 Å². The molecule has 2 nitrogen and oxygen atoms in total. The van der Waals surface area contributed by atoms with Crippen molar-refractivity contribution in [1.29, 1.82) is 0 Å². The number of hydrogen-bond acceptors (Lipinski definition) is 1. The monoisotopic (exact) mass is 203 g/mol. The molecule has 0 bridgehead atoms. The van der Waals surface area contributed by atoms with Gasteiger partial charge in [-0.05, 0) is 12.8 Å². The van der Waals surface area contributed by atoms with Gasteiger partial charge in [0.2, 0.25) is 5.91 Å². The van der Waals surface area contributed by atoms with Crippen molar-refractivity contribution < 1.29 is 9.18 Å². The molecule has 84 valence electrons. The average molecular weight is 203 g/mol. The van der Waals surface area contributed by atoms with E-state index in [-0.39, 0.29) is 5.91 Å². The number of amides is 1. The topological polar surface area (TPSA) is 29.1 Å². The van der Waals surface area contributed by atoms with Crippen LogP contribution in [0.15, 0.2) is 12.7 Å². The Hall–Kier alpha value is -0.860. The smallest absolute Gasteiger partial charge is 0.219 e. The maximum absolute atomic E-state index is 12.5. The number of hydrogen-bond donors (Lipinski definition) is 1. The molecule has 0 saturated heterocycles. The summed E-state index contributed by atoms with van der Waals surface area (Å²) in [6.07, 6.45) is 1.93. The minimum absolute atomic E-state index is 0.0176. The van der Waals surface area contributed by atoms with Crippen molar-refractivity contribution in [3.05, 3.63) is 12.7 Å². The van der Waals surface area contributed by atoms with Crippen molar-refractivity contribution in [3.63, 3.8) is 0 Å². The molecule has 0 saturated carbocycles. The van der Waals surface area contributed by atoms with Gasteiger partial charge in [-0.3, -0.25) is 4.79 Å². The summed E-state index contributed by atoms with van der Waals surface area (Å²) in [6.45, 7) is 9.67. The Morgan fingerprint density at radius 1 is 1.57 bits per heavy atom. The Balaban J connectivity index is 0. The molecule has 1 N–H and O–H groups in total. The van der Waals surface area contributed by atoms with E-state index in [4.69, 9.17) is 0 Å². The fraction of sp³-hybridized carbons (Fsp3) is 0.727. The van der Waals surface area contributed by atoms with Crippen LogP contribution in [0, 0.1) is 0 Å². The maximum atomic E-state index is 12.5. The first kappa shape index (κ1) is 15.6. The third-order valence-electron chi connectivity index (χ3n) is 1.56. The molecule has 3 heteroatoms. The molecule has 0 heterocycles. The highest BCUT2D eigenvalue weighted by molar-refractivity contribution is 5.75. The Morgan fingerprint density at radius 3 is 2.57 bits per heavy atom. The molecule has 0 aliphatic rings. The Kier molecular flexibility index (Phi) is 13.5. The summed E-state index contributed by atoms with van der Waals surface area (Å²) in [6, 6.07) is 0. The van der Waals surface area contributed by atoms with Crippen LogP contribution in [0.4, 0.5) is 4.39 Å². The van der Waals surface area contributed by atoms with E-state index >= 15 is 0 Å². The summed E-state index contributed by atoms with van der Waals surface area (Å²) in [5, 5.41) is 2.67. The number of nitrogens with one attached hydrogen (secondary N) is 1. The van der Waals surface area contributed by atoms with Crippen molar-refractivity contribution >= 4 is 5.91 Å². The number of alkyl halides is 1. The van der Waals surface area contributed by atoms with Gasteiger partial charge < -0.3 is 5.32 Å². The van der Waals surface area contributed by atoms with Gasteiger partial charge in [-0.15, -0.1) is 6.58 Å². The second kappa shape index (κ2) is 12.1. The van der Waals surface area contributed by atoms with Gasteiger partial charge in [-0.1, -0.05) is 26.8 Å². The molecule has 0 fully saturated rings. The molecular formula is C11H22FNO. The largest absolute Gasteiger partial charge is 0.356 e. The molecule has 0 aromatic rings. The molecule has 1 amide bonds. The number of allylic oxidation sites excluding steroid dienone is 1. The van der Waals surface area contributed by atoms with Gasteiger partial charge in [0, 0.05) is 13.0 Å². The second-order valence-electron chi connectivity index (χ2n) is 2.60. The van der Waals surface area contributed by atoms with Crippen molar-refractivity contribution in [2.75, 3.05) is 6.54 Å². The SMILES string of the molecule is C=CC(F)CCCNC(=O)CC.CC. The Bertz CT molecular complexity index is 148. The van der Waals surface area contributed by atoms with E-state index < -0.39 is 6.17 Å². The van der Waals surface area contributed by atoms with Gasteiger partial charge in [0.1, 0.15) is 6.17 Å². The number of carbonyl (C=O) groups excluding carboxylic acids is 1. The molecule has 0 aromatic heterocycles. The molecule has 14 heavy (non-hydrogen) atoms. The van der Waals surface area contributed by atoms with E-state index in [1.54, 1.807) is 6.92 Å². The van der Waals surface area contributed by atoms with E-state index in [0.717, 1.165) is 0 Å². The van der Waals surface area contributed by atoms with Crippen LogP contribution in [0.25, 0.3) is 0 Å². The average Bonchev–Trinajstić information content (AvgIpc) is 2.26. The second-order valence-corrected chi connectivity index (χ2v) is 2.60. The van der Waals surface area contributed by atoms with Gasteiger partial charge in [0.25, 0.3) is 0 Å². The van der Waals surface area contributed by atoms with E-state index in [9.17, 15) is 9.18 Å². The number of rotatable bonds is 6. The van der Waals surface area contributed by atoms with Gasteiger partial charge >= 0.3 is 0 Å². The standard InChI is InChI=1S/C9H16FNO.C2H6/c1-3-8(10)6-5-7-11-9(12)4-2;1-2/h3,8H,1,4-7H2,2H3,(H,11,12);1-2H3. The summed E-state index contributed by atoms with van der Waals surface area (Å²) in [7, 11) is 0. The van der Waals surface area contributed by atoms with Crippen molar-refractivity contribution in [3.8, 4) is 0 Å². The van der Waals surface area contributed by atoms with Crippen molar-refractivity contribution in [2.24, 2.45) is 0 Å². The van der Waals surface area contributed by atoms with E-state index in [1.165, 1.54) is 6.08 Å². The lowest BCUT2D eigenvalue weighted by atomic mass is 10.2. The third kappa shape index (κ3) is 11.1. The molecule has 0 aliphatic heterocycles. The first-order valence-corrected chi connectivity index (χ1v) is 5.24. The molecule has 1 atom stereocenters. The Morgan fingerprint density at radius 2 is 2.14 bits per heavy atom. The zero-order valence-corrected chi connectivity index (χ0v) is 9.48. The molecule has 0 spiro atoms. The lowest BCUT2D eigenvalue weighted by molar-refractivity contribution is -0.120. The minimum atomic E-state index is -0.941. The van der Waals surface area contributed by atoms with E-state index in [0.29, 0.717) is 25.8 Å². The van der Waals surface area contributed by atoms with Crippen LogP contribution in [0.1, 0.15) is 40.0 Å². The fourth-order valence-electron chi connectivity index (χ4n) is 0.768. The van der Waals surface area contributed by atoms with Gasteiger partial charge in [-0.2, -0.15) is 0 Å². The summed E-state index contributed by atoms with van der Waals surface area (Å²) in [5.74, 6) is 0.0176. The van der Waals surface area contributed by atoms with Gasteiger partial charge in [0.15, 0.2) is 0 Å². The molecule has 0 aliphatic carbocycles. The summed E-state index contributed by atoms with van der Waals surface area (Å²) >= 11 is 0. The van der Waals surface area contributed by atoms with Crippen molar-refractivity contribution in [1.82, 2.24) is 5.32 Å². The van der Waals surface area contributed by atoms with Crippen LogP contribution in [0.5, 0.6) is 0 Å². The molecule has 0 radical (unpaired) electrons. The van der Waals surface area contributed by atoms with Gasteiger partial charge in [-0.25, -0.2) is 4.39 Å². The zero-order valence-electron chi connectivity index (χ0n) is 9.48. The lowest BCUT2D eigenvalue weighted by Gasteiger charge is -2.03. The first-order chi connectivity index (χ1) is 6.70. The molecule has 0 aromatic carbocycles. The molecule has 1 unspecified atom stereocenters. The minimum Gasteiger partial charge on any atom is -0.356 e. The first-order valence-electron chi connectivity index (χ1n) is 5.24. The van der Waals surface area contributed by atoms with E-state index in [2.05, 4.69) is 11.9 Å². The number of halogens is 1. The quantitative estimate of drug-likeness (QED) is 0.522. The predicted molar refractivity (Wildman–Crippen MR) is 59.0 cm³/mol. The number of carbonyl (C=O) groups is 1. The van der Waals surface area contributed by atoms with E-state index in [1.807, 2.05) is 13.8 Å².